The predicted molar refractivity (Wildman–Crippen MR) is 88.2 cm³/mol. The highest BCUT2D eigenvalue weighted by Gasteiger charge is 2.20. The maximum Gasteiger partial charge on any atom is 0.231 e. The first-order chi connectivity index (χ1) is 9.89. The molecular formula is C15H28N6. The van der Waals surface area contributed by atoms with E-state index < -0.39 is 0 Å². The number of aromatic nitrogens is 3. The minimum atomic E-state index is 0.202. The van der Waals surface area contributed by atoms with Crippen molar-refractivity contribution in [1.29, 1.82) is 0 Å². The van der Waals surface area contributed by atoms with Crippen molar-refractivity contribution in [1.82, 2.24) is 15.0 Å². The summed E-state index contributed by atoms with van der Waals surface area (Å²) in [4.78, 5) is 18.1. The molecule has 1 aromatic rings. The van der Waals surface area contributed by atoms with E-state index >= 15 is 0 Å². The van der Waals surface area contributed by atoms with E-state index in [0.717, 1.165) is 38.1 Å². The molecule has 1 aromatic heterocycles. The van der Waals surface area contributed by atoms with Gasteiger partial charge in [0, 0.05) is 33.2 Å². The van der Waals surface area contributed by atoms with Gasteiger partial charge in [-0.25, -0.2) is 0 Å². The largest absolute Gasteiger partial charge is 0.354 e. The second kappa shape index (κ2) is 6.45. The third-order valence-electron chi connectivity index (χ3n) is 3.39. The molecule has 0 saturated carbocycles. The van der Waals surface area contributed by atoms with Crippen LogP contribution in [0.2, 0.25) is 0 Å². The highest BCUT2D eigenvalue weighted by molar-refractivity contribution is 5.45. The average Bonchev–Trinajstić information content (AvgIpc) is 2.90. The Balaban J connectivity index is 2.26. The smallest absolute Gasteiger partial charge is 0.231 e. The highest BCUT2D eigenvalue weighted by atomic mass is 15.4. The molecule has 0 amide bonds. The van der Waals surface area contributed by atoms with Crippen LogP contribution in [0.3, 0.4) is 0 Å². The lowest BCUT2D eigenvalue weighted by Gasteiger charge is -2.27. The number of hydrogen-bond acceptors (Lipinski definition) is 6. The van der Waals surface area contributed by atoms with Gasteiger partial charge >= 0.3 is 0 Å². The molecule has 2 heterocycles. The molecule has 0 radical (unpaired) electrons. The van der Waals surface area contributed by atoms with Gasteiger partial charge < -0.3 is 15.1 Å². The van der Waals surface area contributed by atoms with E-state index in [4.69, 9.17) is 0 Å². The Morgan fingerprint density at radius 2 is 1.81 bits per heavy atom. The molecule has 21 heavy (non-hydrogen) atoms. The second-order valence-electron chi connectivity index (χ2n) is 6.90. The number of hydrogen-bond donors (Lipinski definition) is 1. The van der Waals surface area contributed by atoms with E-state index in [9.17, 15) is 0 Å². The molecule has 0 atom stereocenters. The van der Waals surface area contributed by atoms with Crippen molar-refractivity contribution in [2.45, 2.75) is 40.5 Å². The molecule has 0 bridgehead atoms. The summed E-state index contributed by atoms with van der Waals surface area (Å²) in [6.45, 7) is 12.5. The molecule has 0 aromatic carbocycles. The maximum atomic E-state index is 4.67. The SMILES string of the molecule is CCNc1nc(N(C)CC(C)(C)C)nc(N2CCCC2)n1. The van der Waals surface area contributed by atoms with Crippen LogP contribution in [-0.2, 0) is 0 Å². The van der Waals surface area contributed by atoms with E-state index in [1.54, 1.807) is 0 Å². The predicted octanol–water partition coefficient (Wildman–Crippen LogP) is 2.39. The van der Waals surface area contributed by atoms with Gasteiger partial charge in [0.15, 0.2) is 0 Å². The van der Waals surface area contributed by atoms with Gasteiger partial charge in [-0.05, 0) is 25.2 Å². The fourth-order valence-corrected chi connectivity index (χ4v) is 2.60. The summed E-state index contributed by atoms with van der Waals surface area (Å²) >= 11 is 0. The number of nitrogens with zero attached hydrogens (tertiary/aromatic N) is 5. The Morgan fingerprint density at radius 1 is 1.14 bits per heavy atom. The summed E-state index contributed by atoms with van der Waals surface area (Å²) in [5, 5.41) is 3.21. The van der Waals surface area contributed by atoms with Crippen LogP contribution in [0.5, 0.6) is 0 Å². The van der Waals surface area contributed by atoms with Gasteiger partial charge in [-0.15, -0.1) is 0 Å². The van der Waals surface area contributed by atoms with Crippen LogP contribution in [0.1, 0.15) is 40.5 Å². The van der Waals surface area contributed by atoms with Crippen molar-refractivity contribution in [3.63, 3.8) is 0 Å². The van der Waals surface area contributed by atoms with Crippen molar-refractivity contribution >= 4 is 17.8 Å². The molecule has 0 spiro atoms. The monoisotopic (exact) mass is 292 g/mol. The molecule has 6 heteroatoms. The summed E-state index contributed by atoms with van der Waals surface area (Å²) < 4.78 is 0. The zero-order chi connectivity index (χ0) is 15.5. The number of rotatable bonds is 5. The molecule has 1 aliphatic heterocycles. The first-order valence-electron chi connectivity index (χ1n) is 7.85. The normalized spacial score (nSPS) is 15.4. The Kier molecular flexibility index (Phi) is 4.85. The third-order valence-corrected chi connectivity index (χ3v) is 3.39. The molecule has 1 saturated heterocycles. The summed E-state index contributed by atoms with van der Waals surface area (Å²) in [5.41, 5.74) is 0.202. The second-order valence-corrected chi connectivity index (χ2v) is 6.90. The van der Waals surface area contributed by atoms with Crippen LogP contribution in [0.4, 0.5) is 17.8 Å². The number of nitrogens with one attached hydrogen (secondary N) is 1. The van der Waals surface area contributed by atoms with Gasteiger partial charge in [0.1, 0.15) is 0 Å². The average molecular weight is 292 g/mol. The molecule has 118 valence electrons. The van der Waals surface area contributed by atoms with Crippen molar-refractivity contribution in [2.75, 3.05) is 48.3 Å². The molecule has 6 nitrogen and oxygen atoms in total. The summed E-state index contributed by atoms with van der Waals surface area (Å²) in [6, 6.07) is 0. The molecule has 0 unspecified atom stereocenters. The molecular weight excluding hydrogens is 264 g/mol. The standard InChI is InChI=1S/C15H28N6/c1-6-16-12-17-13(20(5)11-15(2,3)4)19-14(18-12)21-9-7-8-10-21/h6-11H2,1-5H3,(H,16,17,18,19). The van der Waals surface area contributed by atoms with Crippen LogP contribution in [0.15, 0.2) is 0 Å². The van der Waals surface area contributed by atoms with Crippen molar-refractivity contribution in [3.05, 3.63) is 0 Å². The van der Waals surface area contributed by atoms with Gasteiger partial charge in [0.2, 0.25) is 17.8 Å². The Labute approximate surface area is 128 Å². The third kappa shape index (κ3) is 4.44. The van der Waals surface area contributed by atoms with Gasteiger partial charge in [0.25, 0.3) is 0 Å². The fourth-order valence-electron chi connectivity index (χ4n) is 2.60. The lowest BCUT2D eigenvalue weighted by molar-refractivity contribution is 0.416. The van der Waals surface area contributed by atoms with Crippen LogP contribution >= 0.6 is 0 Å². The lowest BCUT2D eigenvalue weighted by atomic mass is 9.96. The Hall–Kier alpha value is -1.59. The summed E-state index contributed by atoms with van der Waals surface area (Å²) in [7, 11) is 2.05. The van der Waals surface area contributed by atoms with Gasteiger partial charge in [-0.2, -0.15) is 15.0 Å². The Bertz CT molecular complexity index is 462. The van der Waals surface area contributed by atoms with Crippen LogP contribution < -0.4 is 15.1 Å². The highest BCUT2D eigenvalue weighted by Crippen LogP contribution is 2.22. The Morgan fingerprint density at radius 3 is 2.38 bits per heavy atom. The minimum absolute atomic E-state index is 0.202. The zero-order valence-corrected chi connectivity index (χ0v) is 14.0. The zero-order valence-electron chi connectivity index (χ0n) is 14.0. The van der Waals surface area contributed by atoms with E-state index in [2.05, 4.69) is 57.8 Å². The molecule has 1 N–H and O–H groups in total. The van der Waals surface area contributed by atoms with Crippen molar-refractivity contribution in [2.24, 2.45) is 5.41 Å². The summed E-state index contributed by atoms with van der Waals surface area (Å²) in [6.07, 6.45) is 2.44. The van der Waals surface area contributed by atoms with Crippen LogP contribution in [-0.4, -0.2) is 48.2 Å². The first kappa shape index (κ1) is 15.8. The van der Waals surface area contributed by atoms with Crippen molar-refractivity contribution in [3.8, 4) is 0 Å². The fraction of sp³-hybridized carbons (Fsp3) is 0.800. The minimum Gasteiger partial charge on any atom is -0.354 e. The van der Waals surface area contributed by atoms with Gasteiger partial charge in [0.05, 0.1) is 0 Å². The summed E-state index contributed by atoms with van der Waals surface area (Å²) in [5.74, 6) is 2.22. The lowest BCUT2D eigenvalue weighted by Crippen LogP contribution is -2.31. The van der Waals surface area contributed by atoms with E-state index in [-0.39, 0.29) is 5.41 Å². The number of anilines is 3. The van der Waals surface area contributed by atoms with Crippen LogP contribution in [0, 0.1) is 5.41 Å². The van der Waals surface area contributed by atoms with Gasteiger partial charge in [-0.3, -0.25) is 0 Å². The molecule has 0 aliphatic carbocycles. The quantitative estimate of drug-likeness (QED) is 0.899. The topological polar surface area (TPSA) is 57.2 Å². The molecule has 2 rings (SSSR count). The van der Waals surface area contributed by atoms with E-state index in [1.807, 2.05) is 7.05 Å². The maximum absolute atomic E-state index is 4.67. The van der Waals surface area contributed by atoms with E-state index in [1.165, 1.54) is 12.8 Å². The van der Waals surface area contributed by atoms with E-state index in [0.29, 0.717) is 5.95 Å². The molecule has 1 fully saturated rings. The molecule has 1 aliphatic rings. The van der Waals surface area contributed by atoms with Crippen molar-refractivity contribution < 1.29 is 0 Å². The van der Waals surface area contributed by atoms with Gasteiger partial charge in [-0.1, -0.05) is 20.8 Å². The first-order valence-corrected chi connectivity index (χ1v) is 7.85. The van der Waals surface area contributed by atoms with Crippen LogP contribution in [0.25, 0.3) is 0 Å².